The van der Waals surface area contributed by atoms with Crippen molar-refractivity contribution < 1.29 is 5.11 Å². The summed E-state index contributed by atoms with van der Waals surface area (Å²) in [4.78, 5) is 2.11. The van der Waals surface area contributed by atoms with Crippen LogP contribution in [-0.2, 0) is 0 Å². The summed E-state index contributed by atoms with van der Waals surface area (Å²) in [5, 5.41) is 8.80. The molecule has 0 aliphatic heterocycles. The number of aryl methyl sites for hydroxylation is 1. The van der Waals surface area contributed by atoms with Gasteiger partial charge in [0, 0.05) is 0 Å². The van der Waals surface area contributed by atoms with Crippen molar-refractivity contribution in [3.8, 4) is 0 Å². The van der Waals surface area contributed by atoms with Crippen LogP contribution >= 0.6 is 22.6 Å². The van der Waals surface area contributed by atoms with Crippen LogP contribution in [0.15, 0.2) is 32.8 Å². The monoisotopic (exact) mass is 354 g/mol. The van der Waals surface area contributed by atoms with E-state index >= 15 is 0 Å². The zero-order valence-electron chi connectivity index (χ0n) is 7.33. The number of hydrogen-bond donors (Lipinski definition) is 1. The third-order valence-electron chi connectivity index (χ3n) is 1.46. The molecule has 1 aromatic carbocycles. The zero-order valence-corrected chi connectivity index (χ0v) is 11.2. The molecule has 0 saturated heterocycles. The van der Waals surface area contributed by atoms with Crippen LogP contribution in [0.3, 0.4) is 0 Å². The van der Waals surface area contributed by atoms with Crippen molar-refractivity contribution in [3.63, 3.8) is 0 Å². The third kappa shape index (κ3) is 4.27. The van der Waals surface area contributed by atoms with E-state index in [9.17, 15) is 0 Å². The molecule has 0 saturated carbocycles. The van der Waals surface area contributed by atoms with Crippen molar-refractivity contribution in [2.75, 3.05) is 6.61 Å². The molecule has 0 spiro atoms. The van der Waals surface area contributed by atoms with Crippen LogP contribution in [0.4, 0.5) is 0 Å². The molecule has 1 nitrogen and oxygen atoms in total. The molecule has 70 valence electrons. The van der Waals surface area contributed by atoms with Gasteiger partial charge in [0.25, 0.3) is 0 Å². The van der Waals surface area contributed by atoms with Gasteiger partial charge in [-0.05, 0) is 0 Å². The fourth-order valence-electron chi connectivity index (χ4n) is 0.858. The van der Waals surface area contributed by atoms with Gasteiger partial charge in [0.1, 0.15) is 0 Å². The van der Waals surface area contributed by atoms with Gasteiger partial charge < -0.3 is 0 Å². The number of rotatable bonds is 3. The minimum atomic E-state index is 0.161. The average molecular weight is 353 g/mol. The first-order chi connectivity index (χ1) is 6.22. The standard InChI is InChI=1S/C10H11IOSe/c1-8-3-2-4-10(5-8)13-7-9(11)6-12/h2-5,7,12H,6H2,1H3/b9-7-. The Labute approximate surface area is 98.5 Å². The summed E-state index contributed by atoms with van der Waals surface area (Å²) in [6, 6.07) is 8.50. The second-order valence-corrected chi connectivity index (χ2v) is 6.02. The van der Waals surface area contributed by atoms with Crippen LogP contribution in [0.1, 0.15) is 5.56 Å². The first kappa shape index (κ1) is 11.2. The summed E-state index contributed by atoms with van der Waals surface area (Å²) in [6.07, 6.45) is 0. The summed E-state index contributed by atoms with van der Waals surface area (Å²) in [5.41, 5.74) is 1.30. The molecule has 1 aromatic rings. The van der Waals surface area contributed by atoms with Crippen molar-refractivity contribution in [1.82, 2.24) is 0 Å². The first-order valence-electron chi connectivity index (χ1n) is 3.91. The van der Waals surface area contributed by atoms with Crippen LogP contribution < -0.4 is 4.46 Å². The van der Waals surface area contributed by atoms with Gasteiger partial charge in [0.15, 0.2) is 0 Å². The summed E-state index contributed by atoms with van der Waals surface area (Å²) >= 11 is 2.52. The molecular weight excluding hydrogens is 342 g/mol. The molecule has 1 N–H and O–H groups in total. The molecule has 13 heavy (non-hydrogen) atoms. The van der Waals surface area contributed by atoms with Gasteiger partial charge in [-0.3, -0.25) is 0 Å². The number of aliphatic hydroxyl groups excluding tert-OH is 1. The summed E-state index contributed by atoms with van der Waals surface area (Å²) in [5.74, 6) is 0. The molecule has 0 amide bonds. The average Bonchev–Trinajstić information content (AvgIpc) is 2.14. The van der Waals surface area contributed by atoms with E-state index in [2.05, 4.69) is 58.8 Å². The Kier molecular flexibility index (Phi) is 5.02. The van der Waals surface area contributed by atoms with Crippen LogP contribution in [0.5, 0.6) is 0 Å². The van der Waals surface area contributed by atoms with Gasteiger partial charge in [-0.25, -0.2) is 0 Å². The van der Waals surface area contributed by atoms with E-state index < -0.39 is 0 Å². The number of hydrogen-bond acceptors (Lipinski definition) is 1. The van der Waals surface area contributed by atoms with Crippen molar-refractivity contribution in [2.24, 2.45) is 0 Å². The van der Waals surface area contributed by atoms with E-state index in [-0.39, 0.29) is 6.61 Å². The van der Waals surface area contributed by atoms with Crippen LogP contribution in [-0.4, -0.2) is 26.7 Å². The van der Waals surface area contributed by atoms with Crippen molar-refractivity contribution in [1.29, 1.82) is 0 Å². The van der Waals surface area contributed by atoms with Crippen LogP contribution in [0.25, 0.3) is 0 Å². The van der Waals surface area contributed by atoms with E-state index in [1.165, 1.54) is 10.0 Å². The normalized spacial score (nSPS) is 11.8. The Balaban J connectivity index is 2.64. The Hall–Kier alpha value is 0.169. The summed E-state index contributed by atoms with van der Waals surface area (Å²) < 4.78 is 2.38. The number of benzene rings is 1. The quantitative estimate of drug-likeness (QED) is 0.647. The number of aliphatic hydroxyl groups is 1. The zero-order chi connectivity index (χ0) is 9.68. The SMILES string of the molecule is Cc1cccc([Se]/C=C(\I)CO)c1. The van der Waals surface area contributed by atoms with Gasteiger partial charge in [-0.15, -0.1) is 0 Å². The van der Waals surface area contributed by atoms with Crippen LogP contribution in [0, 0.1) is 6.92 Å². The van der Waals surface area contributed by atoms with Crippen LogP contribution in [0.2, 0.25) is 0 Å². The molecule has 0 aliphatic carbocycles. The molecule has 1 rings (SSSR count). The Morgan fingerprint density at radius 2 is 2.38 bits per heavy atom. The predicted molar refractivity (Wildman–Crippen MR) is 65.8 cm³/mol. The van der Waals surface area contributed by atoms with E-state index in [0.29, 0.717) is 15.0 Å². The first-order valence-corrected chi connectivity index (χ1v) is 6.83. The third-order valence-corrected chi connectivity index (χ3v) is 5.01. The second kappa shape index (κ2) is 5.81. The molecule has 0 unspecified atom stereocenters. The van der Waals surface area contributed by atoms with Crippen molar-refractivity contribution in [3.05, 3.63) is 38.4 Å². The predicted octanol–water partition coefficient (Wildman–Crippen LogP) is 1.59. The van der Waals surface area contributed by atoms with Gasteiger partial charge in [-0.2, -0.15) is 0 Å². The van der Waals surface area contributed by atoms with Gasteiger partial charge in [0.05, 0.1) is 0 Å². The Bertz CT molecular complexity index is 310. The van der Waals surface area contributed by atoms with E-state index in [0.717, 1.165) is 3.58 Å². The Morgan fingerprint density at radius 1 is 1.62 bits per heavy atom. The molecule has 0 fully saturated rings. The van der Waals surface area contributed by atoms with Crippen molar-refractivity contribution >= 4 is 42.0 Å². The van der Waals surface area contributed by atoms with Gasteiger partial charge >= 0.3 is 99.0 Å². The second-order valence-electron chi connectivity index (χ2n) is 2.66. The van der Waals surface area contributed by atoms with Gasteiger partial charge in [-0.1, -0.05) is 0 Å². The van der Waals surface area contributed by atoms with E-state index in [1.807, 2.05) is 0 Å². The van der Waals surface area contributed by atoms with E-state index in [4.69, 9.17) is 5.11 Å². The molecule has 0 atom stereocenters. The molecule has 0 heterocycles. The maximum atomic E-state index is 8.80. The van der Waals surface area contributed by atoms with Crippen molar-refractivity contribution in [2.45, 2.75) is 6.92 Å². The molecular formula is C10H11IOSe. The molecule has 0 aliphatic rings. The maximum absolute atomic E-state index is 8.80. The molecule has 0 aromatic heterocycles. The van der Waals surface area contributed by atoms with E-state index in [1.54, 1.807) is 0 Å². The summed E-state index contributed by atoms with van der Waals surface area (Å²) in [7, 11) is 0. The summed E-state index contributed by atoms with van der Waals surface area (Å²) in [6.45, 7) is 2.26. The fraction of sp³-hybridized carbons (Fsp3) is 0.200. The number of halogens is 1. The molecule has 3 heteroatoms. The molecule has 0 bridgehead atoms. The molecule has 0 radical (unpaired) electrons. The minimum absolute atomic E-state index is 0.161. The Morgan fingerprint density at radius 3 is 3.00 bits per heavy atom. The fourth-order valence-corrected chi connectivity index (χ4v) is 3.09. The topological polar surface area (TPSA) is 20.2 Å². The van der Waals surface area contributed by atoms with Gasteiger partial charge in [0.2, 0.25) is 0 Å².